The number of anilines is 1. The second-order valence-corrected chi connectivity index (χ2v) is 6.59. The van der Waals surface area contributed by atoms with Crippen LogP contribution in [0, 0.1) is 13.8 Å². The van der Waals surface area contributed by atoms with Gasteiger partial charge in [0, 0.05) is 16.3 Å². The first-order valence-corrected chi connectivity index (χ1v) is 8.88. The molecule has 0 aliphatic rings. The predicted molar refractivity (Wildman–Crippen MR) is 109 cm³/mol. The minimum absolute atomic E-state index is 0.131. The summed E-state index contributed by atoms with van der Waals surface area (Å²) in [6.45, 7) is 4.09. The Hall–Kier alpha value is -3.05. The van der Waals surface area contributed by atoms with Crippen LogP contribution in [0.3, 0.4) is 0 Å². The van der Waals surface area contributed by atoms with E-state index in [1.807, 2.05) is 62.4 Å². The Morgan fingerprint density at radius 3 is 2.63 bits per heavy atom. The van der Waals surface area contributed by atoms with Gasteiger partial charge in [-0.15, -0.1) is 0 Å². The molecule has 2 aromatic carbocycles. The lowest BCUT2D eigenvalue weighted by molar-refractivity contribution is -0.119. The summed E-state index contributed by atoms with van der Waals surface area (Å²) in [5.74, 6) is 0.975. The third kappa shape index (κ3) is 5.21. The fourth-order valence-corrected chi connectivity index (χ4v) is 2.57. The summed E-state index contributed by atoms with van der Waals surface area (Å²) in [6.07, 6.45) is 1.46. The molecule has 0 saturated carbocycles. The fourth-order valence-electron chi connectivity index (χ4n) is 2.38. The number of nitrogens with zero attached hydrogens (tertiary/aromatic N) is 1. The summed E-state index contributed by atoms with van der Waals surface area (Å²) >= 11 is 6.15. The van der Waals surface area contributed by atoms with E-state index in [0.717, 1.165) is 16.8 Å². The molecule has 0 radical (unpaired) electrons. The maximum atomic E-state index is 11.8. The lowest BCUT2D eigenvalue weighted by Gasteiger charge is -2.05. The molecule has 0 saturated heterocycles. The fraction of sp³-hybridized carbons (Fsp3) is 0.143. The van der Waals surface area contributed by atoms with Crippen LogP contribution < -0.4 is 10.7 Å². The number of furan rings is 1. The second kappa shape index (κ2) is 8.56. The highest BCUT2D eigenvalue weighted by Crippen LogP contribution is 2.26. The Kier molecular flexibility index (Phi) is 5.94. The zero-order valence-corrected chi connectivity index (χ0v) is 15.9. The van der Waals surface area contributed by atoms with Crippen molar-refractivity contribution in [3.63, 3.8) is 0 Å². The number of halogens is 1. The normalized spacial score (nSPS) is 10.9. The number of hydrogen-bond acceptors (Lipinski definition) is 4. The van der Waals surface area contributed by atoms with Crippen LogP contribution in [-0.4, -0.2) is 18.7 Å². The minimum atomic E-state index is -0.246. The molecule has 0 fully saturated rings. The first-order chi connectivity index (χ1) is 13.0. The largest absolute Gasteiger partial charge is 0.455 e. The maximum absolute atomic E-state index is 11.8. The first-order valence-electron chi connectivity index (χ1n) is 8.50. The Bertz CT molecular complexity index is 962. The number of nitrogens with one attached hydrogen (secondary N) is 2. The zero-order valence-electron chi connectivity index (χ0n) is 15.1. The van der Waals surface area contributed by atoms with Crippen LogP contribution in [0.15, 0.2) is 64.1 Å². The quantitative estimate of drug-likeness (QED) is 0.477. The molecule has 1 amide bonds. The van der Waals surface area contributed by atoms with E-state index in [4.69, 9.17) is 16.0 Å². The lowest BCUT2D eigenvalue weighted by atomic mass is 10.1. The van der Waals surface area contributed by atoms with E-state index >= 15 is 0 Å². The highest BCUT2D eigenvalue weighted by atomic mass is 35.5. The van der Waals surface area contributed by atoms with Gasteiger partial charge in [-0.1, -0.05) is 41.4 Å². The highest BCUT2D eigenvalue weighted by molar-refractivity contribution is 6.31. The predicted octanol–water partition coefficient (Wildman–Crippen LogP) is 4.78. The molecule has 138 valence electrons. The summed E-state index contributed by atoms with van der Waals surface area (Å²) < 4.78 is 5.71. The van der Waals surface area contributed by atoms with Crippen LogP contribution in [0.4, 0.5) is 5.69 Å². The van der Waals surface area contributed by atoms with Gasteiger partial charge >= 0.3 is 0 Å². The molecule has 6 heteroatoms. The molecule has 5 nitrogen and oxygen atoms in total. The maximum Gasteiger partial charge on any atom is 0.259 e. The van der Waals surface area contributed by atoms with E-state index in [0.29, 0.717) is 16.5 Å². The average Bonchev–Trinajstić information content (AvgIpc) is 3.12. The molecule has 1 aromatic heterocycles. The topological polar surface area (TPSA) is 66.6 Å². The summed E-state index contributed by atoms with van der Waals surface area (Å²) in [5, 5.41) is 7.64. The van der Waals surface area contributed by atoms with E-state index in [1.165, 1.54) is 11.8 Å². The molecule has 0 aliphatic carbocycles. The van der Waals surface area contributed by atoms with Gasteiger partial charge in [0.15, 0.2) is 0 Å². The van der Waals surface area contributed by atoms with Gasteiger partial charge in [0.2, 0.25) is 0 Å². The van der Waals surface area contributed by atoms with E-state index in [2.05, 4.69) is 15.8 Å². The van der Waals surface area contributed by atoms with Crippen molar-refractivity contribution in [3.8, 4) is 11.3 Å². The van der Waals surface area contributed by atoms with Gasteiger partial charge in [0.05, 0.1) is 12.8 Å². The van der Waals surface area contributed by atoms with Gasteiger partial charge in [-0.25, -0.2) is 5.43 Å². The number of benzene rings is 2. The molecule has 0 unspecified atom stereocenters. The van der Waals surface area contributed by atoms with Crippen LogP contribution in [0.1, 0.15) is 16.9 Å². The molecule has 2 N–H and O–H groups in total. The summed E-state index contributed by atoms with van der Waals surface area (Å²) in [7, 11) is 0. The van der Waals surface area contributed by atoms with Crippen molar-refractivity contribution in [2.45, 2.75) is 13.8 Å². The van der Waals surface area contributed by atoms with Crippen molar-refractivity contribution in [1.82, 2.24) is 5.43 Å². The molecule has 0 bridgehead atoms. The Balaban J connectivity index is 1.52. The highest BCUT2D eigenvalue weighted by Gasteiger charge is 2.06. The lowest BCUT2D eigenvalue weighted by Crippen LogP contribution is -2.25. The number of hydrogen-bond donors (Lipinski definition) is 2. The van der Waals surface area contributed by atoms with Crippen molar-refractivity contribution in [1.29, 1.82) is 0 Å². The molecule has 1 heterocycles. The zero-order chi connectivity index (χ0) is 19.2. The Morgan fingerprint density at radius 2 is 1.89 bits per heavy atom. The van der Waals surface area contributed by atoms with Crippen LogP contribution in [0.25, 0.3) is 11.3 Å². The van der Waals surface area contributed by atoms with Crippen LogP contribution in [-0.2, 0) is 4.79 Å². The van der Waals surface area contributed by atoms with Crippen molar-refractivity contribution < 1.29 is 9.21 Å². The molecule has 27 heavy (non-hydrogen) atoms. The number of carbonyl (C=O) groups is 1. The number of carbonyl (C=O) groups excluding carboxylic acids is 1. The van der Waals surface area contributed by atoms with Crippen LogP contribution in [0.5, 0.6) is 0 Å². The number of aryl methyl sites for hydroxylation is 2. The molecular formula is C21H20ClN3O2. The van der Waals surface area contributed by atoms with Gasteiger partial charge in [-0.2, -0.15) is 5.10 Å². The van der Waals surface area contributed by atoms with Crippen molar-refractivity contribution in [2.75, 3.05) is 11.9 Å². The number of hydrazone groups is 1. The van der Waals surface area contributed by atoms with Gasteiger partial charge in [0.25, 0.3) is 5.91 Å². The van der Waals surface area contributed by atoms with Gasteiger partial charge in [-0.3, -0.25) is 4.79 Å². The van der Waals surface area contributed by atoms with E-state index < -0.39 is 0 Å². The number of rotatable bonds is 6. The smallest absolute Gasteiger partial charge is 0.259 e. The standard InChI is InChI=1S/C21H20ClN3O2/c1-14-3-7-17(8-4-14)23-13-21(26)25-24-12-18-9-10-20(27-18)16-6-5-15(2)19(22)11-16/h3-12,23H,13H2,1-2H3,(H,25,26). The SMILES string of the molecule is Cc1ccc(NCC(=O)NN=Cc2ccc(-c3ccc(C)c(Cl)c3)o2)cc1. The van der Waals surface area contributed by atoms with Crippen LogP contribution in [0.2, 0.25) is 5.02 Å². The Morgan fingerprint density at radius 1 is 1.11 bits per heavy atom. The van der Waals surface area contributed by atoms with Crippen molar-refractivity contribution in [3.05, 3.63) is 76.5 Å². The molecular weight excluding hydrogens is 362 g/mol. The monoisotopic (exact) mass is 381 g/mol. The Labute approximate surface area is 163 Å². The first kappa shape index (κ1) is 18.7. The molecule has 0 spiro atoms. The average molecular weight is 382 g/mol. The summed E-state index contributed by atoms with van der Waals surface area (Å²) in [6, 6.07) is 17.2. The molecule has 0 atom stereocenters. The third-order valence-corrected chi connectivity index (χ3v) is 4.38. The second-order valence-electron chi connectivity index (χ2n) is 6.18. The molecule has 3 aromatic rings. The van der Waals surface area contributed by atoms with Gasteiger partial charge < -0.3 is 9.73 Å². The molecule has 3 rings (SSSR count). The minimum Gasteiger partial charge on any atom is -0.455 e. The number of amides is 1. The molecule has 0 aliphatic heterocycles. The van der Waals surface area contributed by atoms with E-state index in [9.17, 15) is 4.79 Å². The van der Waals surface area contributed by atoms with Gasteiger partial charge in [-0.05, 0) is 49.7 Å². The van der Waals surface area contributed by atoms with E-state index in [1.54, 1.807) is 6.07 Å². The summed E-state index contributed by atoms with van der Waals surface area (Å²) in [5.41, 5.74) is 6.41. The van der Waals surface area contributed by atoms with Crippen molar-refractivity contribution >= 4 is 29.4 Å². The van der Waals surface area contributed by atoms with Crippen molar-refractivity contribution in [2.24, 2.45) is 5.10 Å². The van der Waals surface area contributed by atoms with E-state index in [-0.39, 0.29) is 12.5 Å². The van der Waals surface area contributed by atoms with Gasteiger partial charge in [0.1, 0.15) is 11.5 Å². The van der Waals surface area contributed by atoms with Crippen LogP contribution >= 0.6 is 11.6 Å². The third-order valence-electron chi connectivity index (χ3n) is 3.97. The summed E-state index contributed by atoms with van der Waals surface area (Å²) in [4.78, 5) is 11.8.